The second-order valence-electron chi connectivity index (χ2n) is 5.37. The van der Waals surface area contributed by atoms with E-state index >= 15 is 0 Å². The third-order valence-electron chi connectivity index (χ3n) is 3.94. The predicted octanol–water partition coefficient (Wildman–Crippen LogP) is 5.48. The number of hydrogen-bond donors (Lipinski definition) is 1. The third kappa shape index (κ3) is 3.11. The summed E-state index contributed by atoms with van der Waals surface area (Å²) in [6.07, 6.45) is -2.50. The number of hydrogen-bond acceptors (Lipinski definition) is 3. The Balaban J connectivity index is 1.82. The van der Waals surface area contributed by atoms with Crippen LogP contribution >= 0.6 is 22.9 Å². The maximum Gasteiger partial charge on any atom is 0.391 e. The van der Waals surface area contributed by atoms with Gasteiger partial charge in [-0.1, -0.05) is 18.0 Å². The monoisotopic (exact) mass is 334 g/mol. The Labute approximate surface area is 129 Å². The zero-order valence-electron chi connectivity index (χ0n) is 11.1. The van der Waals surface area contributed by atoms with Gasteiger partial charge in [-0.25, -0.2) is 4.98 Å². The number of halogens is 4. The van der Waals surface area contributed by atoms with Crippen molar-refractivity contribution in [1.29, 1.82) is 0 Å². The smallest absolute Gasteiger partial charge is 0.379 e. The minimum Gasteiger partial charge on any atom is -0.379 e. The Kier molecular flexibility index (Phi) is 4.01. The van der Waals surface area contributed by atoms with Crippen molar-refractivity contribution in [2.24, 2.45) is 5.92 Å². The fraction of sp³-hybridized carbons (Fsp3) is 0.500. The Morgan fingerprint density at radius 2 is 2.10 bits per heavy atom. The summed E-state index contributed by atoms with van der Waals surface area (Å²) in [5, 5.41) is 3.69. The zero-order chi connectivity index (χ0) is 15.0. The molecular weight excluding hydrogens is 321 g/mol. The number of anilines is 1. The van der Waals surface area contributed by atoms with Gasteiger partial charge in [-0.05, 0) is 31.4 Å². The van der Waals surface area contributed by atoms with Gasteiger partial charge < -0.3 is 5.32 Å². The molecule has 0 spiro atoms. The maximum absolute atomic E-state index is 12.9. The van der Waals surface area contributed by atoms with Gasteiger partial charge in [0.05, 0.1) is 26.8 Å². The zero-order valence-corrected chi connectivity index (χ0v) is 12.7. The summed E-state index contributed by atoms with van der Waals surface area (Å²) in [5.74, 6) is -1.22. The van der Waals surface area contributed by atoms with E-state index in [2.05, 4.69) is 10.3 Å². The van der Waals surface area contributed by atoms with Crippen LogP contribution in [-0.4, -0.2) is 17.2 Å². The van der Waals surface area contributed by atoms with Crippen molar-refractivity contribution in [3.63, 3.8) is 0 Å². The summed E-state index contributed by atoms with van der Waals surface area (Å²) in [6, 6.07) is 3.42. The van der Waals surface area contributed by atoms with E-state index in [1.807, 2.05) is 6.07 Å². The molecule has 114 valence electrons. The highest BCUT2D eigenvalue weighted by molar-refractivity contribution is 7.16. The van der Waals surface area contributed by atoms with Crippen LogP contribution in [0.3, 0.4) is 0 Å². The van der Waals surface area contributed by atoms with E-state index < -0.39 is 12.1 Å². The van der Waals surface area contributed by atoms with Crippen molar-refractivity contribution >= 4 is 38.8 Å². The Morgan fingerprint density at radius 1 is 1.29 bits per heavy atom. The quantitative estimate of drug-likeness (QED) is 0.786. The molecule has 2 atom stereocenters. The molecule has 1 aliphatic rings. The molecule has 1 aromatic carbocycles. The number of thiazole rings is 1. The Hall–Kier alpha value is -1.01. The summed E-state index contributed by atoms with van der Waals surface area (Å²) in [5.41, 5.74) is 3.11. The van der Waals surface area contributed by atoms with Crippen molar-refractivity contribution in [3.8, 4) is 0 Å². The standard InChI is InChI=1S/C14H14ClF3N2S/c15-10-4-5-11-13(19-7-21-11)12(10)20-9-3-1-2-8(6-9)14(16,17)18/h4-5,7-9,20H,1-3,6H2. The maximum atomic E-state index is 12.9. The molecule has 0 radical (unpaired) electrons. The van der Waals surface area contributed by atoms with Crippen LogP contribution in [0.5, 0.6) is 0 Å². The van der Waals surface area contributed by atoms with Crippen LogP contribution in [0.25, 0.3) is 10.2 Å². The molecule has 1 aliphatic carbocycles. The molecule has 0 amide bonds. The van der Waals surface area contributed by atoms with Crippen molar-refractivity contribution < 1.29 is 13.2 Å². The molecule has 0 aliphatic heterocycles. The van der Waals surface area contributed by atoms with E-state index in [-0.39, 0.29) is 18.9 Å². The van der Waals surface area contributed by atoms with Gasteiger partial charge in [-0.15, -0.1) is 11.3 Å². The van der Waals surface area contributed by atoms with Gasteiger partial charge in [0.1, 0.15) is 5.52 Å². The fourth-order valence-corrected chi connectivity index (χ4v) is 3.76. The first-order valence-corrected chi connectivity index (χ1v) is 8.06. The van der Waals surface area contributed by atoms with Crippen LogP contribution in [-0.2, 0) is 0 Å². The highest BCUT2D eigenvalue weighted by atomic mass is 35.5. The molecule has 2 unspecified atom stereocenters. The SMILES string of the molecule is FC(F)(F)C1CCCC(Nc2c(Cl)ccc3scnc23)C1. The lowest BCUT2D eigenvalue weighted by Gasteiger charge is -2.31. The van der Waals surface area contributed by atoms with E-state index in [0.29, 0.717) is 17.1 Å². The number of nitrogens with zero attached hydrogens (tertiary/aromatic N) is 1. The van der Waals surface area contributed by atoms with Crippen molar-refractivity contribution in [2.45, 2.75) is 37.9 Å². The van der Waals surface area contributed by atoms with Crippen LogP contribution in [0.15, 0.2) is 17.6 Å². The summed E-state index contributed by atoms with van der Waals surface area (Å²) in [4.78, 5) is 4.26. The number of fused-ring (bicyclic) bond motifs is 1. The average molecular weight is 335 g/mol. The minimum atomic E-state index is -4.11. The van der Waals surface area contributed by atoms with Gasteiger partial charge >= 0.3 is 6.18 Å². The van der Waals surface area contributed by atoms with Gasteiger partial charge in [0.15, 0.2) is 0 Å². The van der Waals surface area contributed by atoms with Gasteiger partial charge in [0.2, 0.25) is 0 Å². The van der Waals surface area contributed by atoms with E-state index in [1.165, 1.54) is 11.3 Å². The first kappa shape index (κ1) is 14.9. The highest BCUT2D eigenvalue weighted by Crippen LogP contribution is 2.40. The molecule has 0 saturated heterocycles. The van der Waals surface area contributed by atoms with Gasteiger partial charge in [-0.3, -0.25) is 0 Å². The van der Waals surface area contributed by atoms with E-state index in [0.717, 1.165) is 16.6 Å². The molecule has 21 heavy (non-hydrogen) atoms. The molecule has 1 heterocycles. The van der Waals surface area contributed by atoms with E-state index in [4.69, 9.17) is 11.6 Å². The van der Waals surface area contributed by atoms with Crippen LogP contribution in [0.1, 0.15) is 25.7 Å². The largest absolute Gasteiger partial charge is 0.391 e. The summed E-state index contributed by atoms with van der Waals surface area (Å²) >= 11 is 7.67. The minimum absolute atomic E-state index is 0.0976. The predicted molar refractivity (Wildman–Crippen MR) is 80.1 cm³/mol. The second kappa shape index (κ2) is 5.65. The Morgan fingerprint density at radius 3 is 2.86 bits per heavy atom. The summed E-state index contributed by atoms with van der Waals surface area (Å²) in [7, 11) is 0. The van der Waals surface area contributed by atoms with Crippen LogP contribution in [0, 0.1) is 5.92 Å². The first-order chi connectivity index (χ1) is 9.95. The number of aromatic nitrogens is 1. The first-order valence-electron chi connectivity index (χ1n) is 6.80. The molecule has 1 fully saturated rings. The normalized spacial score (nSPS) is 23.4. The molecule has 3 rings (SSSR count). The second-order valence-corrected chi connectivity index (χ2v) is 6.66. The van der Waals surface area contributed by atoms with Crippen LogP contribution in [0.4, 0.5) is 18.9 Å². The highest BCUT2D eigenvalue weighted by Gasteiger charge is 2.42. The van der Waals surface area contributed by atoms with Gasteiger partial charge in [-0.2, -0.15) is 13.2 Å². The molecule has 2 aromatic rings. The average Bonchev–Trinajstić information content (AvgIpc) is 2.90. The lowest BCUT2D eigenvalue weighted by atomic mass is 9.85. The van der Waals surface area contributed by atoms with Gasteiger partial charge in [0, 0.05) is 6.04 Å². The number of rotatable bonds is 2. The summed E-state index contributed by atoms with van der Waals surface area (Å²) < 4.78 is 39.6. The molecular formula is C14H14ClF3N2S. The van der Waals surface area contributed by atoms with Crippen LogP contribution in [0.2, 0.25) is 5.02 Å². The molecule has 0 bridgehead atoms. The van der Waals surface area contributed by atoms with E-state index in [9.17, 15) is 13.2 Å². The molecule has 2 nitrogen and oxygen atoms in total. The lowest BCUT2D eigenvalue weighted by molar-refractivity contribution is -0.182. The van der Waals surface area contributed by atoms with Crippen molar-refractivity contribution in [2.75, 3.05) is 5.32 Å². The van der Waals surface area contributed by atoms with Crippen LogP contribution < -0.4 is 5.32 Å². The van der Waals surface area contributed by atoms with Crippen molar-refractivity contribution in [3.05, 3.63) is 22.7 Å². The van der Waals surface area contributed by atoms with E-state index in [1.54, 1.807) is 11.6 Å². The van der Waals surface area contributed by atoms with Crippen molar-refractivity contribution in [1.82, 2.24) is 4.98 Å². The summed E-state index contributed by atoms with van der Waals surface area (Å²) in [6.45, 7) is 0. The van der Waals surface area contributed by atoms with Gasteiger partial charge in [0.25, 0.3) is 0 Å². The third-order valence-corrected chi connectivity index (χ3v) is 5.05. The topological polar surface area (TPSA) is 24.9 Å². The fourth-order valence-electron chi connectivity index (χ4n) is 2.87. The molecule has 1 saturated carbocycles. The molecule has 7 heteroatoms. The lowest BCUT2D eigenvalue weighted by Crippen LogP contribution is -2.34. The molecule has 1 aromatic heterocycles. The Bertz CT molecular complexity index is 641. The number of nitrogens with one attached hydrogen (secondary N) is 1. The number of alkyl halides is 3. The number of benzene rings is 1. The molecule has 1 N–H and O–H groups in total.